The summed E-state index contributed by atoms with van der Waals surface area (Å²) in [5.74, 6) is 0. The highest BCUT2D eigenvalue weighted by molar-refractivity contribution is 7.89. The van der Waals surface area contributed by atoms with Gasteiger partial charge in [0.1, 0.15) is 4.90 Å². The highest BCUT2D eigenvalue weighted by Gasteiger charge is 2.25. The number of aliphatic hydroxyl groups excluding tert-OH is 2. The van der Waals surface area contributed by atoms with Crippen LogP contribution in [0.5, 0.6) is 0 Å². The molecule has 0 unspecified atom stereocenters. The van der Waals surface area contributed by atoms with Crippen molar-refractivity contribution in [1.82, 2.24) is 4.72 Å². The van der Waals surface area contributed by atoms with Crippen LogP contribution in [-0.4, -0.2) is 44.4 Å². The van der Waals surface area contributed by atoms with E-state index in [0.29, 0.717) is 5.69 Å². The number of sulfonamides is 1. The maximum absolute atomic E-state index is 11.8. The van der Waals surface area contributed by atoms with Crippen molar-refractivity contribution in [3.8, 4) is 0 Å². The fourth-order valence-corrected chi connectivity index (χ4v) is 2.25. The van der Waals surface area contributed by atoms with Crippen LogP contribution >= 0.6 is 0 Å². The standard InChI is InChI=1S/C11H18N2O4S/c1-11(7-14,8-15)13-9-5-3-4-6-10(9)18(16,17)12-2/h3-6,12-15H,7-8H2,1-2H3. The fraction of sp³-hybridized carbons (Fsp3) is 0.455. The lowest BCUT2D eigenvalue weighted by atomic mass is 10.1. The maximum Gasteiger partial charge on any atom is 0.242 e. The Balaban J connectivity index is 3.19. The van der Waals surface area contributed by atoms with Gasteiger partial charge in [-0.25, -0.2) is 13.1 Å². The first-order chi connectivity index (χ1) is 8.38. The molecule has 1 aromatic carbocycles. The molecule has 0 amide bonds. The molecule has 18 heavy (non-hydrogen) atoms. The molecule has 0 saturated carbocycles. The molecule has 0 heterocycles. The third kappa shape index (κ3) is 3.20. The predicted molar refractivity (Wildman–Crippen MR) is 68.9 cm³/mol. The van der Waals surface area contributed by atoms with Crippen molar-refractivity contribution < 1.29 is 18.6 Å². The molecule has 0 bridgehead atoms. The first-order valence-corrected chi connectivity index (χ1v) is 6.89. The Labute approximate surface area is 107 Å². The van der Waals surface area contributed by atoms with Gasteiger partial charge >= 0.3 is 0 Å². The second-order valence-corrected chi connectivity index (χ2v) is 6.06. The zero-order valence-corrected chi connectivity index (χ0v) is 11.2. The van der Waals surface area contributed by atoms with E-state index in [2.05, 4.69) is 10.0 Å². The Morgan fingerprint density at radius 1 is 1.22 bits per heavy atom. The van der Waals surface area contributed by atoms with E-state index >= 15 is 0 Å². The topological polar surface area (TPSA) is 98.7 Å². The van der Waals surface area contributed by atoms with Gasteiger partial charge < -0.3 is 15.5 Å². The molecule has 0 saturated heterocycles. The van der Waals surface area contributed by atoms with Gasteiger partial charge in [0.05, 0.1) is 24.4 Å². The highest BCUT2D eigenvalue weighted by Crippen LogP contribution is 2.23. The minimum Gasteiger partial charge on any atom is -0.394 e. The summed E-state index contributed by atoms with van der Waals surface area (Å²) in [5, 5.41) is 21.3. The van der Waals surface area contributed by atoms with Gasteiger partial charge in [-0.3, -0.25) is 0 Å². The number of aliphatic hydroxyl groups is 2. The first kappa shape index (κ1) is 14.9. The lowest BCUT2D eigenvalue weighted by Gasteiger charge is -2.28. The van der Waals surface area contributed by atoms with Gasteiger partial charge in [0.2, 0.25) is 10.0 Å². The molecule has 0 atom stereocenters. The molecule has 7 heteroatoms. The van der Waals surface area contributed by atoms with Crippen molar-refractivity contribution in [3.63, 3.8) is 0 Å². The smallest absolute Gasteiger partial charge is 0.242 e. The lowest BCUT2D eigenvalue weighted by molar-refractivity contribution is 0.147. The average molecular weight is 274 g/mol. The van der Waals surface area contributed by atoms with Crippen LogP contribution in [0.3, 0.4) is 0 Å². The number of anilines is 1. The summed E-state index contributed by atoms with van der Waals surface area (Å²) in [4.78, 5) is 0.0700. The molecule has 0 aliphatic heterocycles. The minimum atomic E-state index is -3.59. The molecule has 102 valence electrons. The second-order valence-electron chi connectivity index (χ2n) is 4.21. The van der Waals surface area contributed by atoms with Crippen LogP contribution in [0.25, 0.3) is 0 Å². The third-order valence-corrected chi connectivity index (χ3v) is 4.05. The molecule has 0 fully saturated rings. The highest BCUT2D eigenvalue weighted by atomic mass is 32.2. The van der Waals surface area contributed by atoms with E-state index in [1.54, 1.807) is 25.1 Å². The van der Waals surface area contributed by atoms with Crippen LogP contribution in [0.4, 0.5) is 5.69 Å². The third-order valence-electron chi connectivity index (χ3n) is 2.58. The Morgan fingerprint density at radius 3 is 2.28 bits per heavy atom. The molecule has 1 aromatic rings. The van der Waals surface area contributed by atoms with Gasteiger partial charge in [-0.1, -0.05) is 12.1 Å². The molecule has 4 N–H and O–H groups in total. The van der Waals surface area contributed by atoms with E-state index in [-0.39, 0.29) is 18.1 Å². The molecule has 6 nitrogen and oxygen atoms in total. The molecule has 0 aliphatic carbocycles. The molecule has 1 rings (SSSR count). The van der Waals surface area contributed by atoms with Crippen molar-refractivity contribution in [2.24, 2.45) is 0 Å². The van der Waals surface area contributed by atoms with Crippen LogP contribution in [0.2, 0.25) is 0 Å². The van der Waals surface area contributed by atoms with E-state index in [4.69, 9.17) is 0 Å². The first-order valence-electron chi connectivity index (χ1n) is 5.41. The summed E-state index contributed by atoms with van der Waals surface area (Å²) in [6.07, 6.45) is 0. The minimum absolute atomic E-state index is 0.0700. The molecule has 0 spiro atoms. The number of hydrogen-bond acceptors (Lipinski definition) is 5. The Morgan fingerprint density at radius 2 is 1.78 bits per heavy atom. The summed E-state index contributed by atoms with van der Waals surface area (Å²) >= 11 is 0. The van der Waals surface area contributed by atoms with E-state index in [1.165, 1.54) is 13.1 Å². The number of benzene rings is 1. The average Bonchev–Trinajstić information content (AvgIpc) is 2.39. The van der Waals surface area contributed by atoms with Crippen molar-refractivity contribution in [1.29, 1.82) is 0 Å². The van der Waals surface area contributed by atoms with Crippen LogP contribution in [0.1, 0.15) is 6.92 Å². The summed E-state index contributed by atoms with van der Waals surface area (Å²) in [6.45, 7) is 0.949. The summed E-state index contributed by atoms with van der Waals surface area (Å²) in [6, 6.07) is 6.30. The van der Waals surface area contributed by atoms with E-state index in [1.807, 2.05) is 0 Å². The van der Waals surface area contributed by atoms with Crippen LogP contribution in [0, 0.1) is 0 Å². The van der Waals surface area contributed by atoms with Gasteiger partial charge in [-0.05, 0) is 26.1 Å². The van der Waals surface area contributed by atoms with Crippen LogP contribution in [0.15, 0.2) is 29.2 Å². The zero-order chi connectivity index (χ0) is 13.8. The maximum atomic E-state index is 11.8. The molecule has 0 radical (unpaired) electrons. The summed E-state index contributed by atoms with van der Waals surface area (Å²) < 4.78 is 25.8. The summed E-state index contributed by atoms with van der Waals surface area (Å²) in [5.41, 5.74) is -0.656. The Hall–Kier alpha value is -1.15. The van der Waals surface area contributed by atoms with Gasteiger partial charge in [-0.2, -0.15) is 0 Å². The number of hydrogen-bond donors (Lipinski definition) is 4. The quantitative estimate of drug-likeness (QED) is 0.573. The van der Waals surface area contributed by atoms with Crippen molar-refractivity contribution in [3.05, 3.63) is 24.3 Å². The largest absolute Gasteiger partial charge is 0.394 e. The molecular weight excluding hydrogens is 256 g/mol. The van der Waals surface area contributed by atoms with Gasteiger partial charge in [0.25, 0.3) is 0 Å². The zero-order valence-electron chi connectivity index (χ0n) is 10.3. The summed E-state index contributed by atoms with van der Waals surface area (Å²) in [7, 11) is -2.27. The second kappa shape index (κ2) is 5.66. The van der Waals surface area contributed by atoms with E-state index in [9.17, 15) is 18.6 Å². The van der Waals surface area contributed by atoms with Gasteiger partial charge in [-0.15, -0.1) is 0 Å². The lowest BCUT2D eigenvalue weighted by Crippen LogP contribution is -2.43. The number of rotatable bonds is 6. The van der Waals surface area contributed by atoms with E-state index in [0.717, 1.165) is 0 Å². The SMILES string of the molecule is CNS(=O)(=O)c1ccccc1NC(C)(CO)CO. The molecule has 0 aromatic heterocycles. The number of para-hydroxylation sites is 1. The Kier molecular flexibility index (Phi) is 4.69. The predicted octanol–water partition coefficient (Wildman–Crippen LogP) is -0.250. The van der Waals surface area contributed by atoms with Crippen molar-refractivity contribution in [2.75, 3.05) is 25.6 Å². The Bertz CT molecular complexity index is 498. The normalized spacial score (nSPS) is 12.4. The van der Waals surface area contributed by atoms with Crippen molar-refractivity contribution in [2.45, 2.75) is 17.4 Å². The van der Waals surface area contributed by atoms with Crippen LogP contribution < -0.4 is 10.0 Å². The van der Waals surface area contributed by atoms with E-state index < -0.39 is 15.6 Å². The number of nitrogens with one attached hydrogen (secondary N) is 2. The van der Waals surface area contributed by atoms with Gasteiger partial charge in [0.15, 0.2) is 0 Å². The van der Waals surface area contributed by atoms with Crippen molar-refractivity contribution >= 4 is 15.7 Å². The fourth-order valence-electron chi connectivity index (χ4n) is 1.37. The molecular formula is C11H18N2O4S. The monoisotopic (exact) mass is 274 g/mol. The van der Waals surface area contributed by atoms with Gasteiger partial charge in [0, 0.05) is 0 Å². The van der Waals surface area contributed by atoms with Crippen LogP contribution in [-0.2, 0) is 10.0 Å². The molecule has 0 aliphatic rings.